The maximum absolute atomic E-state index is 13.0. The molecule has 3 aromatic rings. The number of Topliss-reactive ketones (excluding diaryl/α,β-unsaturated/α-hetero) is 1. The molecule has 1 atom stereocenters. The minimum atomic E-state index is -0.0425. The van der Waals surface area contributed by atoms with Crippen LogP contribution in [0.4, 0.5) is 0 Å². The van der Waals surface area contributed by atoms with Crippen molar-refractivity contribution in [2.75, 3.05) is 5.75 Å². The number of hydrogen-bond donors (Lipinski definition) is 0. The van der Waals surface area contributed by atoms with Crippen molar-refractivity contribution in [3.63, 3.8) is 0 Å². The monoisotopic (exact) mass is 397 g/mol. The first-order valence-electron chi connectivity index (χ1n) is 9.73. The predicted molar refractivity (Wildman–Crippen MR) is 116 cm³/mol. The van der Waals surface area contributed by atoms with Gasteiger partial charge in [-0.25, -0.2) is 4.98 Å². The highest BCUT2D eigenvalue weighted by Gasteiger charge is 2.19. The number of fused-ring (bicyclic) bond motifs is 1. The summed E-state index contributed by atoms with van der Waals surface area (Å²) in [6, 6.07) is 9.36. The van der Waals surface area contributed by atoms with Gasteiger partial charge in [0.25, 0.3) is 5.56 Å². The molecule has 0 saturated carbocycles. The van der Waals surface area contributed by atoms with Crippen LogP contribution in [0.2, 0.25) is 0 Å². The molecule has 0 aliphatic heterocycles. The van der Waals surface area contributed by atoms with Crippen molar-refractivity contribution >= 4 is 28.4 Å². The van der Waals surface area contributed by atoms with E-state index in [1.54, 1.807) is 4.57 Å². The van der Waals surface area contributed by atoms with Crippen molar-refractivity contribution in [2.24, 2.45) is 0 Å². The fraction of sp³-hybridized carbons (Fsp3) is 0.409. The second-order valence-electron chi connectivity index (χ2n) is 7.08. The molecule has 0 unspecified atom stereocenters. The molecule has 0 fully saturated rings. The Hall–Kier alpha value is -2.34. The van der Waals surface area contributed by atoms with Gasteiger partial charge in [0.1, 0.15) is 0 Å². The number of nitrogens with zero attached hydrogens (tertiary/aromatic N) is 3. The molecule has 148 valence electrons. The van der Waals surface area contributed by atoms with E-state index in [1.165, 1.54) is 11.8 Å². The molecule has 0 radical (unpaired) electrons. The topological polar surface area (TPSA) is 56.9 Å². The Bertz CT molecular complexity index is 1080. The van der Waals surface area contributed by atoms with Crippen LogP contribution in [-0.2, 0) is 6.54 Å². The molecule has 0 bridgehead atoms. The first-order valence-corrected chi connectivity index (χ1v) is 10.7. The Labute approximate surface area is 169 Å². The van der Waals surface area contributed by atoms with Gasteiger partial charge in [0.05, 0.1) is 16.7 Å². The van der Waals surface area contributed by atoms with Gasteiger partial charge in [-0.05, 0) is 52.3 Å². The quantitative estimate of drug-likeness (QED) is 0.327. The smallest absolute Gasteiger partial charge is 0.262 e. The van der Waals surface area contributed by atoms with Crippen LogP contribution in [0.3, 0.4) is 0 Å². The van der Waals surface area contributed by atoms with Crippen LogP contribution >= 0.6 is 11.8 Å². The van der Waals surface area contributed by atoms with Crippen molar-refractivity contribution < 1.29 is 4.79 Å². The summed E-state index contributed by atoms with van der Waals surface area (Å²) in [5.74, 6) is 0.325. The van der Waals surface area contributed by atoms with E-state index in [2.05, 4.69) is 11.5 Å². The Kier molecular flexibility index (Phi) is 6.08. The number of para-hydroxylation sites is 1. The maximum Gasteiger partial charge on any atom is 0.262 e. The summed E-state index contributed by atoms with van der Waals surface area (Å²) in [5.41, 5.74) is 3.47. The highest BCUT2D eigenvalue weighted by Crippen LogP contribution is 2.24. The third kappa shape index (κ3) is 3.65. The molecule has 0 amide bonds. The van der Waals surface area contributed by atoms with Crippen LogP contribution in [0.25, 0.3) is 10.9 Å². The molecule has 28 heavy (non-hydrogen) atoms. The maximum atomic E-state index is 13.0. The number of carbonyl (C=O) groups excluding carboxylic acids is 1. The second kappa shape index (κ2) is 8.35. The summed E-state index contributed by atoms with van der Waals surface area (Å²) >= 11 is 1.35. The average Bonchev–Trinajstić information content (AvgIpc) is 2.99. The van der Waals surface area contributed by atoms with Gasteiger partial charge < -0.3 is 4.57 Å². The van der Waals surface area contributed by atoms with Gasteiger partial charge in [-0.1, -0.05) is 30.8 Å². The van der Waals surface area contributed by atoms with Gasteiger partial charge in [-0.3, -0.25) is 14.2 Å². The van der Waals surface area contributed by atoms with E-state index in [0.717, 1.165) is 29.9 Å². The predicted octanol–water partition coefficient (Wildman–Crippen LogP) is 4.78. The Morgan fingerprint density at radius 3 is 2.57 bits per heavy atom. The number of ketones is 1. The minimum Gasteiger partial charge on any atom is -0.349 e. The molecule has 2 heterocycles. The van der Waals surface area contributed by atoms with Gasteiger partial charge in [0, 0.05) is 29.5 Å². The molecular formula is C22H27N3O2S. The summed E-state index contributed by atoms with van der Waals surface area (Å²) in [4.78, 5) is 30.6. The number of benzene rings is 1. The van der Waals surface area contributed by atoms with E-state index >= 15 is 0 Å². The van der Waals surface area contributed by atoms with Crippen LogP contribution in [0.15, 0.2) is 40.3 Å². The fourth-order valence-electron chi connectivity index (χ4n) is 3.58. The number of aryl methyl sites for hydroxylation is 1. The van der Waals surface area contributed by atoms with Gasteiger partial charge in [-0.15, -0.1) is 0 Å². The molecular weight excluding hydrogens is 370 g/mol. The van der Waals surface area contributed by atoms with E-state index in [0.29, 0.717) is 16.1 Å². The van der Waals surface area contributed by atoms with Crippen molar-refractivity contribution in [3.8, 4) is 0 Å². The van der Waals surface area contributed by atoms with E-state index in [1.807, 2.05) is 58.0 Å². The van der Waals surface area contributed by atoms with Gasteiger partial charge >= 0.3 is 0 Å². The number of rotatable bonds is 7. The third-order valence-corrected chi connectivity index (χ3v) is 6.28. The lowest BCUT2D eigenvalue weighted by Crippen LogP contribution is -2.26. The van der Waals surface area contributed by atoms with Crippen molar-refractivity contribution in [1.82, 2.24) is 14.1 Å². The Morgan fingerprint density at radius 1 is 1.21 bits per heavy atom. The zero-order chi connectivity index (χ0) is 20.4. The largest absolute Gasteiger partial charge is 0.349 e. The molecule has 6 heteroatoms. The summed E-state index contributed by atoms with van der Waals surface area (Å²) in [6.07, 6.45) is 0.819. The lowest BCUT2D eigenvalue weighted by atomic mass is 10.2. The summed E-state index contributed by atoms with van der Waals surface area (Å²) in [6.45, 7) is 11.0. The standard InChI is InChI=1S/C22H27N3O2S/c1-6-14(3)25-21(27)17-10-8-9-11-19(17)23-22(25)28-13-20(26)18-12-15(4)24(7-2)16(18)5/h8-12,14H,6-7,13H2,1-5H3/t14-/m0/s1. The van der Waals surface area contributed by atoms with E-state index in [-0.39, 0.29) is 23.1 Å². The molecule has 2 aromatic heterocycles. The Balaban J connectivity index is 1.96. The zero-order valence-corrected chi connectivity index (χ0v) is 18.0. The van der Waals surface area contributed by atoms with Crippen LogP contribution in [0.1, 0.15) is 55.0 Å². The first kappa shape index (κ1) is 20.4. The van der Waals surface area contributed by atoms with Crippen LogP contribution in [0.5, 0.6) is 0 Å². The van der Waals surface area contributed by atoms with Crippen molar-refractivity contribution in [1.29, 1.82) is 0 Å². The Morgan fingerprint density at radius 2 is 1.93 bits per heavy atom. The molecule has 0 aliphatic carbocycles. The number of thioether (sulfide) groups is 1. The summed E-state index contributed by atoms with van der Waals surface area (Å²) in [5, 5.41) is 1.22. The zero-order valence-electron chi connectivity index (χ0n) is 17.2. The fourth-order valence-corrected chi connectivity index (χ4v) is 4.56. The number of hydrogen-bond acceptors (Lipinski definition) is 4. The second-order valence-corrected chi connectivity index (χ2v) is 8.03. The average molecular weight is 398 g/mol. The molecule has 3 rings (SSSR count). The highest BCUT2D eigenvalue weighted by atomic mass is 32.2. The van der Waals surface area contributed by atoms with E-state index in [9.17, 15) is 9.59 Å². The van der Waals surface area contributed by atoms with Crippen molar-refractivity contribution in [3.05, 3.63) is 57.6 Å². The number of aromatic nitrogens is 3. The molecule has 0 spiro atoms. The SMILES string of the molecule is CC[C@H](C)n1c(SCC(=O)c2cc(C)n(CC)c2C)nc2ccccc2c1=O. The summed E-state index contributed by atoms with van der Waals surface area (Å²) in [7, 11) is 0. The molecule has 0 saturated heterocycles. The lowest BCUT2D eigenvalue weighted by Gasteiger charge is -2.18. The molecule has 1 aromatic carbocycles. The first-order chi connectivity index (χ1) is 13.4. The lowest BCUT2D eigenvalue weighted by molar-refractivity contribution is 0.102. The highest BCUT2D eigenvalue weighted by molar-refractivity contribution is 7.99. The van der Waals surface area contributed by atoms with E-state index in [4.69, 9.17) is 4.98 Å². The van der Waals surface area contributed by atoms with Crippen molar-refractivity contribution in [2.45, 2.75) is 58.8 Å². The van der Waals surface area contributed by atoms with Crippen LogP contribution < -0.4 is 5.56 Å². The van der Waals surface area contributed by atoms with Crippen LogP contribution in [-0.4, -0.2) is 25.7 Å². The van der Waals surface area contributed by atoms with Crippen LogP contribution in [0, 0.1) is 13.8 Å². The van der Waals surface area contributed by atoms with Gasteiger partial charge in [0.2, 0.25) is 0 Å². The van der Waals surface area contributed by atoms with Gasteiger partial charge in [-0.2, -0.15) is 0 Å². The minimum absolute atomic E-state index is 0.0207. The molecule has 0 aliphatic rings. The normalized spacial score (nSPS) is 12.5. The summed E-state index contributed by atoms with van der Waals surface area (Å²) < 4.78 is 3.87. The third-order valence-electron chi connectivity index (χ3n) is 5.33. The molecule has 5 nitrogen and oxygen atoms in total. The van der Waals surface area contributed by atoms with E-state index < -0.39 is 0 Å². The van der Waals surface area contributed by atoms with Gasteiger partial charge in [0.15, 0.2) is 10.9 Å². The number of carbonyl (C=O) groups is 1. The molecule has 0 N–H and O–H groups in total.